The van der Waals surface area contributed by atoms with E-state index in [4.69, 9.17) is 9.57 Å². The summed E-state index contributed by atoms with van der Waals surface area (Å²) in [4.78, 5) is 42.9. The number of carbonyl (C=O) groups is 3. The summed E-state index contributed by atoms with van der Waals surface area (Å²) in [7, 11) is -8.69. The highest BCUT2D eigenvalue weighted by molar-refractivity contribution is 7.86. The van der Waals surface area contributed by atoms with E-state index in [-0.39, 0.29) is 64.4 Å². The van der Waals surface area contributed by atoms with Crippen molar-refractivity contribution >= 4 is 49.8 Å². The van der Waals surface area contributed by atoms with E-state index < -0.39 is 58.9 Å². The first kappa shape index (κ1) is 40.5. The second-order valence-electron chi connectivity index (χ2n) is 17.0. The number of carbonyl (C=O) groups excluding carboxylic acids is 3. The van der Waals surface area contributed by atoms with Gasteiger partial charge in [-0.25, -0.2) is 35.8 Å². The Morgan fingerprint density at radius 2 is 1.65 bits per heavy atom. The SMILES string of the molecule is CC1CC(C)(C)Nc2c1c(-c1n(CCCCCC(=O)ON3C(=O)CCC3=O)cc[n+]1C)c1c(c2S(=O)(=O)[O-])Oc2c(S(=O)(=O)[O-])c3c(cc2=C1)C(C)CC(C)(C)[NH+]=3. The molecule has 2 amide bonds. The maximum atomic E-state index is 13.4. The van der Waals surface area contributed by atoms with Crippen LogP contribution in [0.5, 0.6) is 11.5 Å². The molecule has 57 heavy (non-hydrogen) atoms. The van der Waals surface area contributed by atoms with E-state index in [1.54, 1.807) is 12.1 Å². The summed E-state index contributed by atoms with van der Waals surface area (Å²) in [6.45, 7) is 11.9. The number of nitrogens with zero attached hydrogens (tertiary/aromatic N) is 3. The molecule has 306 valence electrons. The zero-order valence-electron chi connectivity index (χ0n) is 33.0. The average Bonchev–Trinajstić information content (AvgIpc) is 3.59. The van der Waals surface area contributed by atoms with Crippen LogP contribution in [0.25, 0.3) is 17.5 Å². The van der Waals surface area contributed by atoms with Crippen LogP contribution in [-0.2, 0) is 53.0 Å². The van der Waals surface area contributed by atoms with Crippen molar-refractivity contribution in [1.82, 2.24) is 9.63 Å². The number of fused-ring (bicyclic) bond motifs is 4. The van der Waals surface area contributed by atoms with Crippen molar-refractivity contribution in [2.24, 2.45) is 7.05 Å². The number of hydrogen-bond acceptors (Lipinski definition) is 12. The third-order valence-corrected chi connectivity index (χ3v) is 12.9. The van der Waals surface area contributed by atoms with Crippen LogP contribution in [0.1, 0.15) is 121 Å². The van der Waals surface area contributed by atoms with E-state index >= 15 is 0 Å². The smallest absolute Gasteiger partial charge is 0.333 e. The number of amides is 2. The molecule has 5 heterocycles. The van der Waals surface area contributed by atoms with Crippen molar-refractivity contribution in [3.05, 3.63) is 45.7 Å². The summed E-state index contributed by atoms with van der Waals surface area (Å²) in [5.74, 6) is -2.29. The van der Waals surface area contributed by atoms with E-state index in [2.05, 4.69) is 10.3 Å². The Morgan fingerprint density at radius 3 is 2.30 bits per heavy atom. The molecule has 0 aliphatic carbocycles. The summed E-state index contributed by atoms with van der Waals surface area (Å²) >= 11 is 0. The molecule has 16 nitrogen and oxygen atoms in total. The molecule has 2 N–H and O–H groups in total. The van der Waals surface area contributed by atoms with E-state index in [9.17, 15) is 40.3 Å². The minimum atomic E-state index is -5.29. The summed E-state index contributed by atoms with van der Waals surface area (Å²) in [6, 6.07) is 1.76. The molecule has 0 bridgehead atoms. The summed E-state index contributed by atoms with van der Waals surface area (Å²) in [5.41, 5.74) is 0.785. The Bertz CT molecular complexity index is 2600. The lowest BCUT2D eigenvalue weighted by molar-refractivity contribution is -0.659. The Balaban J connectivity index is 1.38. The van der Waals surface area contributed by atoms with Gasteiger partial charge >= 0.3 is 5.97 Å². The first-order chi connectivity index (χ1) is 26.5. The van der Waals surface area contributed by atoms with Crippen LogP contribution in [-0.4, -0.2) is 64.4 Å². The monoisotopic (exact) mass is 825 g/mol. The highest BCUT2D eigenvalue weighted by Gasteiger charge is 2.43. The highest BCUT2D eigenvalue weighted by atomic mass is 32.2. The van der Waals surface area contributed by atoms with Crippen LogP contribution in [0.15, 0.2) is 28.3 Å². The third kappa shape index (κ3) is 7.47. The number of hydroxylamine groups is 2. The van der Waals surface area contributed by atoms with Gasteiger partial charge in [0.05, 0.1) is 24.8 Å². The topological polar surface area (TPSA) is 222 Å². The van der Waals surface area contributed by atoms with Gasteiger partial charge in [-0.3, -0.25) is 9.59 Å². The van der Waals surface area contributed by atoms with Gasteiger partial charge in [0.2, 0.25) is 5.36 Å². The lowest BCUT2D eigenvalue weighted by atomic mass is 9.78. The van der Waals surface area contributed by atoms with Crippen LogP contribution in [0.4, 0.5) is 5.69 Å². The maximum absolute atomic E-state index is 13.4. The van der Waals surface area contributed by atoms with Gasteiger partial charge in [0.15, 0.2) is 21.9 Å². The molecule has 7 rings (SSSR count). The number of ether oxygens (including phenoxy) is 1. The fourth-order valence-electron chi connectivity index (χ4n) is 9.06. The Kier molecular flexibility index (Phi) is 9.97. The van der Waals surface area contributed by atoms with E-state index in [0.717, 1.165) is 0 Å². The predicted molar refractivity (Wildman–Crippen MR) is 200 cm³/mol. The Hall–Kier alpha value is -4.65. The van der Waals surface area contributed by atoms with Gasteiger partial charge in [-0.1, -0.05) is 13.8 Å². The zero-order chi connectivity index (χ0) is 41.6. The van der Waals surface area contributed by atoms with Gasteiger partial charge in [-0.2, -0.15) is 0 Å². The minimum Gasteiger partial charge on any atom is -0.744 e. The molecule has 2 aromatic carbocycles. The van der Waals surface area contributed by atoms with Crippen molar-refractivity contribution in [3.63, 3.8) is 0 Å². The molecule has 0 radical (unpaired) electrons. The number of hydrogen-bond donors (Lipinski definition) is 2. The Morgan fingerprint density at radius 1 is 0.982 bits per heavy atom. The number of nitrogens with one attached hydrogen (secondary N) is 2. The summed E-state index contributed by atoms with van der Waals surface area (Å²) in [5, 5.41) is 4.17. The lowest BCUT2D eigenvalue weighted by Gasteiger charge is -2.41. The van der Waals surface area contributed by atoms with Gasteiger partial charge in [0.1, 0.15) is 37.5 Å². The molecular weight excluding hydrogens is 779 g/mol. The third-order valence-electron chi connectivity index (χ3n) is 11.1. The second kappa shape index (κ2) is 14.0. The van der Waals surface area contributed by atoms with Crippen LogP contribution >= 0.6 is 0 Å². The maximum Gasteiger partial charge on any atom is 0.333 e. The Labute approximate surface area is 331 Å². The number of unbranched alkanes of at least 4 members (excludes halogenated alkanes) is 2. The number of anilines is 1. The molecular formula is C39H47N5O11S2. The number of benzene rings is 2. The number of aromatic nitrogens is 2. The fraction of sp³-hybridized carbons (Fsp3) is 0.513. The predicted octanol–water partition coefficient (Wildman–Crippen LogP) is 1.57. The van der Waals surface area contributed by atoms with Gasteiger partial charge in [-0.15, -0.1) is 5.06 Å². The van der Waals surface area contributed by atoms with Gasteiger partial charge in [-0.05, 0) is 82.9 Å². The van der Waals surface area contributed by atoms with E-state index in [1.165, 1.54) is 0 Å². The van der Waals surface area contributed by atoms with Crippen molar-refractivity contribution < 1.29 is 59.5 Å². The highest BCUT2D eigenvalue weighted by Crippen LogP contribution is 2.54. The normalized spacial score (nSPS) is 20.6. The second-order valence-corrected chi connectivity index (χ2v) is 19.6. The summed E-state index contributed by atoms with van der Waals surface area (Å²) in [6.07, 6.45) is 8.13. The van der Waals surface area contributed by atoms with Crippen LogP contribution in [0, 0.1) is 0 Å². The molecule has 1 fully saturated rings. The standard InChI is InChI=1S/C39H47N5O11S2/c1-21-19-38(3,4)40-31-24(21)17-23-18-25-30(37-42(7)15-16-43(37)14-10-8-9-11-28(47)55-44-26(45)12-13-27(44)46)29-22(2)20-39(5,6)41-32(29)36(57(51,52)53)34(25)54-33(23)35(31)56(48,49)50/h15-18,21-22H,8-14,19-20H2,1-7H3,(H2-,40,41,48,49,50,51,52,53). The number of rotatable bonds is 10. The van der Waals surface area contributed by atoms with E-state index in [0.29, 0.717) is 66.2 Å². The molecule has 3 aromatic rings. The van der Waals surface area contributed by atoms with E-state index in [1.807, 2.05) is 70.1 Å². The number of imidazole rings is 1. The molecule has 0 spiro atoms. The number of imide groups is 1. The van der Waals surface area contributed by atoms with Crippen molar-refractivity contribution in [2.75, 3.05) is 5.32 Å². The molecule has 4 aliphatic heterocycles. The zero-order valence-corrected chi connectivity index (χ0v) is 34.6. The van der Waals surface area contributed by atoms with Gasteiger partial charge in [0, 0.05) is 47.6 Å². The summed E-state index contributed by atoms with van der Waals surface area (Å²) < 4.78 is 89.8. The van der Waals surface area contributed by atoms with Gasteiger partial charge in [0.25, 0.3) is 17.6 Å². The average molecular weight is 826 g/mol. The van der Waals surface area contributed by atoms with Crippen molar-refractivity contribution in [1.29, 1.82) is 0 Å². The first-order valence-electron chi connectivity index (χ1n) is 19.0. The first-order valence-corrected chi connectivity index (χ1v) is 21.9. The molecule has 2 atom stereocenters. The number of aryl methyl sites for hydroxylation is 2. The quantitative estimate of drug-likeness (QED) is 0.101. The minimum absolute atomic E-state index is 0.00337. The van der Waals surface area contributed by atoms with Gasteiger partial charge < -0.3 is 24.0 Å². The molecule has 18 heteroatoms. The van der Waals surface area contributed by atoms with Crippen molar-refractivity contribution in [2.45, 2.75) is 132 Å². The molecule has 1 aromatic heterocycles. The molecule has 2 unspecified atom stereocenters. The van der Waals surface area contributed by atoms with Crippen LogP contribution in [0.3, 0.4) is 0 Å². The largest absolute Gasteiger partial charge is 0.744 e. The molecule has 1 saturated heterocycles. The molecule has 4 aliphatic rings. The van der Waals surface area contributed by atoms with Crippen LogP contribution in [0.2, 0.25) is 0 Å². The molecule has 0 saturated carbocycles. The van der Waals surface area contributed by atoms with Crippen molar-refractivity contribution in [3.8, 4) is 22.9 Å². The lowest BCUT2D eigenvalue weighted by Crippen LogP contribution is -2.91. The fourth-order valence-corrected chi connectivity index (χ4v) is 10.7. The van der Waals surface area contributed by atoms with Crippen LogP contribution < -0.4 is 30.2 Å².